The third kappa shape index (κ3) is 3.43. The first-order valence-electron chi connectivity index (χ1n) is 11.7. The van der Waals surface area contributed by atoms with Crippen LogP contribution >= 0.6 is 11.6 Å². The predicted molar refractivity (Wildman–Crippen MR) is 127 cm³/mol. The summed E-state index contributed by atoms with van der Waals surface area (Å²) in [5.41, 5.74) is 0.165. The number of rotatable bonds is 3. The highest BCUT2D eigenvalue weighted by atomic mass is 35.5. The summed E-state index contributed by atoms with van der Waals surface area (Å²) in [5.74, 6) is -0.350. The number of carbonyl (C=O) groups is 2. The van der Waals surface area contributed by atoms with E-state index in [2.05, 4.69) is 11.5 Å². The van der Waals surface area contributed by atoms with E-state index in [9.17, 15) is 19.1 Å². The van der Waals surface area contributed by atoms with Crippen molar-refractivity contribution in [1.82, 2.24) is 14.8 Å². The minimum Gasteiger partial charge on any atom is -0.507 e. The van der Waals surface area contributed by atoms with Crippen molar-refractivity contribution in [2.45, 2.75) is 24.9 Å². The van der Waals surface area contributed by atoms with Crippen LogP contribution in [-0.4, -0.2) is 76.6 Å². The molecule has 2 aromatic rings. The maximum Gasteiger partial charge on any atom is 0.261 e. The van der Waals surface area contributed by atoms with Crippen molar-refractivity contribution in [3.05, 3.63) is 47.3 Å². The number of hydrogen-bond donors (Lipinski definition) is 1. The average molecular weight is 499 g/mol. The third-order valence-corrected chi connectivity index (χ3v) is 7.82. The van der Waals surface area contributed by atoms with Crippen molar-refractivity contribution in [2.24, 2.45) is 5.92 Å². The number of fused-ring (bicyclic) bond motifs is 3. The number of phenolic OH excluding ortho intramolecular Hbond substituents is 1. The molecule has 2 saturated heterocycles. The number of aromatic nitrogens is 1. The molecule has 10 heteroatoms. The number of nitrogens with zero attached hydrogens (tertiary/aromatic N) is 4. The van der Waals surface area contributed by atoms with Crippen LogP contribution in [0.1, 0.15) is 23.2 Å². The van der Waals surface area contributed by atoms with Crippen LogP contribution in [0.4, 0.5) is 10.2 Å². The largest absolute Gasteiger partial charge is 0.507 e. The molecule has 1 aliphatic carbocycles. The Bertz CT molecular complexity index is 1250. The first-order valence-corrected chi connectivity index (χ1v) is 12.1. The molecular weight excluding hydrogens is 475 g/mol. The lowest BCUT2D eigenvalue weighted by molar-refractivity contribution is -0.128. The number of piperidine rings is 1. The molecule has 4 heterocycles. The molecule has 3 aliphatic heterocycles. The van der Waals surface area contributed by atoms with Crippen molar-refractivity contribution in [2.75, 3.05) is 37.7 Å². The zero-order chi connectivity index (χ0) is 24.4. The van der Waals surface area contributed by atoms with E-state index >= 15 is 0 Å². The van der Waals surface area contributed by atoms with Crippen LogP contribution < -0.4 is 9.64 Å². The van der Waals surface area contributed by atoms with Gasteiger partial charge in [0.2, 0.25) is 5.91 Å². The molecule has 1 aromatic heterocycles. The van der Waals surface area contributed by atoms with Crippen molar-refractivity contribution < 1.29 is 23.8 Å². The number of hydrogen-bond acceptors (Lipinski definition) is 6. The number of anilines is 1. The molecular formula is C25H24ClFN4O4. The van der Waals surface area contributed by atoms with Crippen LogP contribution in [0.15, 0.2) is 30.9 Å². The molecule has 0 bridgehead atoms. The van der Waals surface area contributed by atoms with E-state index < -0.39 is 5.82 Å². The van der Waals surface area contributed by atoms with Crippen LogP contribution in [0.5, 0.6) is 11.5 Å². The fraction of sp³-hybridized carbons (Fsp3) is 0.400. The quantitative estimate of drug-likeness (QED) is 0.655. The van der Waals surface area contributed by atoms with Gasteiger partial charge in [-0.05, 0) is 37.0 Å². The Labute approximate surface area is 206 Å². The standard InChI is InChI=1S/C25H24ClFN4O4/c1-2-18(33)29-8-9-30-14(11-29)12-35-23-20(25(30)34)24(31-7-6-13-10-16(13)31)28-22(21(23)26)19-15(27)4-3-5-17(19)32/h2-5,13-14,16,32H,1,6-12H2/t13-,14+,16+/m0/s1. The van der Waals surface area contributed by atoms with E-state index in [0.717, 1.165) is 19.4 Å². The van der Waals surface area contributed by atoms with E-state index in [4.69, 9.17) is 21.3 Å². The number of aromatic hydroxyl groups is 1. The van der Waals surface area contributed by atoms with E-state index in [-0.39, 0.29) is 63.8 Å². The molecule has 0 spiro atoms. The highest BCUT2D eigenvalue weighted by molar-refractivity contribution is 6.35. The van der Waals surface area contributed by atoms with Gasteiger partial charge in [0.05, 0.1) is 11.6 Å². The zero-order valence-electron chi connectivity index (χ0n) is 18.9. The fourth-order valence-electron chi connectivity index (χ4n) is 5.55. The second-order valence-corrected chi connectivity index (χ2v) is 9.81. The van der Waals surface area contributed by atoms with Gasteiger partial charge in [0.25, 0.3) is 5.91 Å². The maximum atomic E-state index is 14.9. The number of amides is 2. The Hall–Kier alpha value is -3.33. The number of halogens is 2. The van der Waals surface area contributed by atoms with Gasteiger partial charge < -0.3 is 24.5 Å². The Kier molecular flexibility index (Phi) is 5.14. The maximum absolute atomic E-state index is 14.9. The van der Waals surface area contributed by atoms with Gasteiger partial charge >= 0.3 is 0 Å². The van der Waals surface area contributed by atoms with Crippen LogP contribution in [0.3, 0.4) is 0 Å². The normalized spacial score (nSPS) is 24.8. The monoisotopic (exact) mass is 498 g/mol. The summed E-state index contributed by atoms with van der Waals surface area (Å²) in [6.45, 7) is 5.41. The molecule has 3 fully saturated rings. The minimum atomic E-state index is -0.674. The Morgan fingerprint density at radius 2 is 2.09 bits per heavy atom. The van der Waals surface area contributed by atoms with Gasteiger partial charge in [0, 0.05) is 32.2 Å². The number of phenols is 1. The van der Waals surface area contributed by atoms with Crippen molar-refractivity contribution in [1.29, 1.82) is 0 Å². The summed E-state index contributed by atoms with van der Waals surface area (Å²) >= 11 is 6.74. The number of benzene rings is 1. The third-order valence-electron chi connectivity index (χ3n) is 7.47. The van der Waals surface area contributed by atoms with E-state index in [0.29, 0.717) is 31.4 Å². The van der Waals surface area contributed by atoms with Crippen molar-refractivity contribution in [3.63, 3.8) is 0 Å². The molecule has 182 valence electrons. The van der Waals surface area contributed by atoms with Gasteiger partial charge in [-0.2, -0.15) is 0 Å². The van der Waals surface area contributed by atoms with Gasteiger partial charge in [-0.3, -0.25) is 9.59 Å². The van der Waals surface area contributed by atoms with Crippen molar-refractivity contribution in [3.8, 4) is 22.8 Å². The van der Waals surface area contributed by atoms with Gasteiger partial charge in [-0.1, -0.05) is 24.2 Å². The SMILES string of the molecule is C=CC(=O)N1CCN2C(=O)c3c(N4CC[C@H]5C[C@H]54)nc(-c4c(O)cccc4F)c(Cl)c3OC[C@H]2C1. The first kappa shape index (κ1) is 22.2. The smallest absolute Gasteiger partial charge is 0.261 e. The number of pyridine rings is 1. The zero-order valence-corrected chi connectivity index (χ0v) is 19.7. The highest BCUT2D eigenvalue weighted by Crippen LogP contribution is 2.51. The molecule has 4 aliphatic rings. The summed E-state index contributed by atoms with van der Waals surface area (Å²) in [6.07, 6.45) is 3.26. The van der Waals surface area contributed by atoms with Gasteiger partial charge in [-0.25, -0.2) is 9.37 Å². The van der Waals surface area contributed by atoms with E-state index in [1.807, 2.05) is 0 Å². The number of ether oxygens (including phenoxy) is 1. The second kappa shape index (κ2) is 8.12. The van der Waals surface area contributed by atoms with Gasteiger partial charge in [-0.15, -0.1) is 0 Å². The molecule has 1 N–H and O–H groups in total. The topological polar surface area (TPSA) is 86.2 Å². The summed E-state index contributed by atoms with van der Waals surface area (Å²) in [6, 6.07) is 3.88. The van der Waals surface area contributed by atoms with Crippen LogP contribution in [-0.2, 0) is 4.79 Å². The number of carbonyl (C=O) groups excluding carboxylic acids is 2. The summed E-state index contributed by atoms with van der Waals surface area (Å²) in [7, 11) is 0. The Morgan fingerprint density at radius 3 is 2.77 bits per heavy atom. The second-order valence-electron chi connectivity index (χ2n) is 9.43. The molecule has 1 aromatic carbocycles. The molecule has 0 unspecified atom stereocenters. The lowest BCUT2D eigenvalue weighted by atomic mass is 10.1. The molecule has 1 saturated carbocycles. The fourth-order valence-corrected chi connectivity index (χ4v) is 5.84. The van der Waals surface area contributed by atoms with Gasteiger partial charge in [0.15, 0.2) is 5.75 Å². The molecule has 6 rings (SSSR count). The van der Waals surface area contributed by atoms with E-state index in [1.54, 1.807) is 9.80 Å². The Balaban J connectivity index is 1.50. The van der Waals surface area contributed by atoms with Crippen LogP contribution in [0, 0.1) is 11.7 Å². The Morgan fingerprint density at radius 1 is 1.26 bits per heavy atom. The van der Waals surface area contributed by atoms with Crippen molar-refractivity contribution >= 4 is 29.2 Å². The lowest BCUT2D eigenvalue weighted by Gasteiger charge is -2.39. The first-order chi connectivity index (χ1) is 16.9. The predicted octanol–water partition coefficient (Wildman–Crippen LogP) is 3.08. The summed E-state index contributed by atoms with van der Waals surface area (Å²) < 4.78 is 21.0. The molecule has 3 atom stereocenters. The average Bonchev–Trinajstić information content (AvgIpc) is 3.54. The molecule has 8 nitrogen and oxygen atoms in total. The molecule has 0 radical (unpaired) electrons. The van der Waals surface area contributed by atoms with Crippen LogP contribution in [0.25, 0.3) is 11.3 Å². The van der Waals surface area contributed by atoms with Crippen LogP contribution in [0.2, 0.25) is 5.02 Å². The lowest BCUT2D eigenvalue weighted by Crippen LogP contribution is -2.57. The molecule has 2 amide bonds. The summed E-state index contributed by atoms with van der Waals surface area (Å²) in [4.78, 5) is 36.2. The van der Waals surface area contributed by atoms with E-state index in [1.165, 1.54) is 24.3 Å². The molecule has 35 heavy (non-hydrogen) atoms. The number of piperazine rings is 1. The minimum absolute atomic E-state index is 0.0251. The highest BCUT2D eigenvalue weighted by Gasteiger charge is 2.50. The summed E-state index contributed by atoms with van der Waals surface area (Å²) in [5, 5.41) is 10.4. The van der Waals surface area contributed by atoms with Gasteiger partial charge in [0.1, 0.15) is 40.3 Å².